The zero-order chi connectivity index (χ0) is 25.9. The van der Waals surface area contributed by atoms with Gasteiger partial charge in [0.05, 0.1) is 50.7 Å². The van der Waals surface area contributed by atoms with E-state index in [-0.39, 0.29) is 11.8 Å². The van der Waals surface area contributed by atoms with Crippen LogP contribution in [0.15, 0.2) is 89.4 Å². The van der Waals surface area contributed by atoms with Crippen molar-refractivity contribution in [3.63, 3.8) is 0 Å². The molecule has 3 atom stereocenters. The molecule has 0 aliphatic carbocycles. The largest absolute Gasteiger partial charge is 0.374 e. The molecule has 0 aliphatic rings. The average Bonchev–Trinajstić information content (AvgIpc) is 3.53. The van der Waals surface area contributed by atoms with Crippen LogP contribution in [-0.2, 0) is 36.8 Å². The third-order valence-corrected chi connectivity index (χ3v) is 6.14. The molecule has 192 valence electrons. The first-order valence-corrected chi connectivity index (χ1v) is 12.8. The lowest BCUT2D eigenvalue weighted by atomic mass is 10.1. The van der Waals surface area contributed by atoms with Crippen molar-refractivity contribution >= 4 is 21.7 Å². The van der Waals surface area contributed by atoms with Crippen LogP contribution in [0, 0.1) is 0 Å². The van der Waals surface area contributed by atoms with E-state index in [1.807, 2.05) is 53.8 Å². The van der Waals surface area contributed by atoms with Crippen molar-refractivity contribution in [3.05, 3.63) is 108 Å². The van der Waals surface area contributed by atoms with Crippen molar-refractivity contribution in [3.8, 4) is 0 Å². The molecule has 0 fully saturated rings. The zero-order valence-corrected chi connectivity index (χ0v) is 22.4. The van der Waals surface area contributed by atoms with Gasteiger partial charge in [0.25, 0.3) is 0 Å². The van der Waals surface area contributed by atoms with Gasteiger partial charge in [-0.05, 0) is 16.7 Å². The van der Waals surface area contributed by atoms with Crippen LogP contribution in [0.25, 0.3) is 0 Å². The van der Waals surface area contributed by atoms with Gasteiger partial charge in [0, 0.05) is 38.9 Å². The maximum atomic E-state index is 6.06. The SMILES string of the molecule is Cn1ccnc1C=NC(P)COCc1ccc(COCC(N=Cc2nccn2C)c2ccccc2)cc1. The van der Waals surface area contributed by atoms with E-state index < -0.39 is 0 Å². The van der Waals surface area contributed by atoms with Crippen molar-refractivity contribution in [2.75, 3.05) is 13.2 Å². The molecule has 0 radical (unpaired) electrons. The van der Waals surface area contributed by atoms with Crippen LogP contribution in [0.5, 0.6) is 0 Å². The number of benzene rings is 2. The normalized spacial score (nSPS) is 13.5. The van der Waals surface area contributed by atoms with E-state index in [1.165, 1.54) is 0 Å². The number of hydrogen-bond donors (Lipinski definition) is 0. The highest BCUT2D eigenvalue weighted by molar-refractivity contribution is 7.17. The van der Waals surface area contributed by atoms with E-state index >= 15 is 0 Å². The second-order valence-corrected chi connectivity index (χ2v) is 9.46. The molecule has 4 aromatic rings. The molecule has 0 saturated heterocycles. The number of aliphatic imine (C=N–C) groups is 2. The van der Waals surface area contributed by atoms with Crippen molar-refractivity contribution < 1.29 is 9.47 Å². The molecule has 0 amide bonds. The molecule has 3 unspecified atom stereocenters. The highest BCUT2D eigenvalue weighted by Gasteiger charge is 2.10. The van der Waals surface area contributed by atoms with E-state index in [9.17, 15) is 0 Å². The minimum Gasteiger partial charge on any atom is -0.374 e. The van der Waals surface area contributed by atoms with Crippen molar-refractivity contribution in [2.24, 2.45) is 24.1 Å². The summed E-state index contributed by atoms with van der Waals surface area (Å²) in [6.45, 7) is 2.03. The third-order valence-electron chi connectivity index (χ3n) is 5.78. The summed E-state index contributed by atoms with van der Waals surface area (Å²) in [6, 6.07) is 18.4. The standard InChI is InChI=1S/C28H33N6O2P/c1-33-14-12-29-26(33)16-31-25(24-6-4-3-5-7-24)20-35-18-22-8-10-23(11-9-22)19-36-21-28(37)32-17-27-30-13-15-34(27)2/h3-17,25,28H,18-21,37H2,1-2H3. The van der Waals surface area contributed by atoms with E-state index in [4.69, 9.17) is 14.5 Å². The predicted molar refractivity (Wildman–Crippen MR) is 150 cm³/mol. The average molecular weight is 517 g/mol. The van der Waals surface area contributed by atoms with E-state index in [0.29, 0.717) is 26.4 Å². The minimum absolute atomic E-state index is 0.0259. The minimum atomic E-state index is -0.106. The lowest BCUT2D eigenvalue weighted by molar-refractivity contribution is 0.108. The predicted octanol–water partition coefficient (Wildman–Crippen LogP) is 4.37. The molecule has 0 spiro atoms. The molecule has 2 heterocycles. The molecule has 9 heteroatoms. The van der Waals surface area contributed by atoms with Crippen LogP contribution in [0.1, 0.15) is 34.4 Å². The lowest BCUT2D eigenvalue weighted by Gasteiger charge is -2.14. The number of hydrogen-bond acceptors (Lipinski definition) is 6. The fourth-order valence-electron chi connectivity index (χ4n) is 3.58. The molecule has 8 nitrogen and oxygen atoms in total. The Morgan fingerprint density at radius 1 is 0.784 bits per heavy atom. The second kappa shape index (κ2) is 13.7. The van der Waals surface area contributed by atoms with Gasteiger partial charge in [-0.2, -0.15) is 0 Å². The third kappa shape index (κ3) is 8.29. The Kier molecular flexibility index (Phi) is 9.89. The van der Waals surface area contributed by atoms with Gasteiger partial charge in [-0.15, -0.1) is 9.24 Å². The smallest absolute Gasteiger partial charge is 0.150 e. The molecule has 37 heavy (non-hydrogen) atoms. The highest BCUT2D eigenvalue weighted by atomic mass is 31.0. The molecule has 0 saturated carbocycles. The molecule has 4 rings (SSSR count). The van der Waals surface area contributed by atoms with Crippen molar-refractivity contribution in [1.82, 2.24) is 19.1 Å². The molecule has 2 aromatic carbocycles. The highest BCUT2D eigenvalue weighted by Crippen LogP contribution is 2.19. The summed E-state index contributed by atoms with van der Waals surface area (Å²) in [5.41, 5.74) is 3.32. The van der Waals surface area contributed by atoms with Gasteiger partial charge in [-0.25, -0.2) is 9.97 Å². The fraction of sp³-hybridized carbons (Fsp3) is 0.286. The summed E-state index contributed by atoms with van der Waals surface area (Å²) < 4.78 is 15.7. The Hall–Kier alpha value is -3.45. The summed E-state index contributed by atoms with van der Waals surface area (Å²) in [5.74, 6) is 1.61. The first-order chi connectivity index (χ1) is 18.1. The van der Waals surface area contributed by atoms with E-state index in [2.05, 4.69) is 60.6 Å². The maximum Gasteiger partial charge on any atom is 0.150 e. The number of aryl methyl sites for hydroxylation is 2. The quantitative estimate of drug-likeness (QED) is 0.195. The van der Waals surface area contributed by atoms with Crippen LogP contribution in [0.2, 0.25) is 0 Å². The van der Waals surface area contributed by atoms with Gasteiger partial charge >= 0.3 is 0 Å². The molecular formula is C28H33N6O2P. The Morgan fingerprint density at radius 3 is 1.86 bits per heavy atom. The Balaban J connectivity index is 1.23. The molecule has 0 aliphatic heterocycles. The summed E-state index contributed by atoms with van der Waals surface area (Å²) >= 11 is 0. The van der Waals surface area contributed by atoms with Gasteiger partial charge in [0.2, 0.25) is 0 Å². The first kappa shape index (κ1) is 26.6. The maximum absolute atomic E-state index is 6.06. The molecule has 2 aromatic heterocycles. The topological polar surface area (TPSA) is 78.8 Å². The van der Waals surface area contributed by atoms with Gasteiger partial charge < -0.3 is 18.6 Å². The van der Waals surface area contributed by atoms with E-state index in [0.717, 1.165) is 28.3 Å². The van der Waals surface area contributed by atoms with Gasteiger partial charge in [0.1, 0.15) is 11.6 Å². The first-order valence-electron chi connectivity index (χ1n) is 12.1. The van der Waals surface area contributed by atoms with Crippen LogP contribution in [-0.4, -0.2) is 50.5 Å². The van der Waals surface area contributed by atoms with Crippen molar-refractivity contribution in [1.29, 1.82) is 0 Å². The Bertz CT molecular complexity index is 1280. The van der Waals surface area contributed by atoms with Crippen LogP contribution < -0.4 is 0 Å². The summed E-state index contributed by atoms with van der Waals surface area (Å²) in [4.78, 5) is 17.8. The fourth-order valence-corrected chi connectivity index (χ4v) is 3.81. The summed E-state index contributed by atoms with van der Waals surface area (Å²) in [5, 5.41) is 0. The molecule has 0 N–H and O–H groups in total. The van der Waals surface area contributed by atoms with E-state index in [1.54, 1.807) is 24.8 Å². The van der Waals surface area contributed by atoms with Crippen LogP contribution in [0.3, 0.4) is 0 Å². The lowest BCUT2D eigenvalue weighted by Crippen LogP contribution is -2.08. The summed E-state index contributed by atoms with van der Waals surface area (Å²) in [6.07, 6.45) is 10.9. The number of nitrogens with zero attached hydrogens (tertiary/aromatic N) is 6. The number of ether oxygens (including phenoxy) is 2. The zero-order valence-electron chi connectivity index (χ0n) is 21.2. The number of rotatable bonds is 13. The Labute approximate surface area is 220 Å². The number of imidazole rings is 2. The number of aromatic nitrogens is 4. The molecule has 0 bridgehead atoms. The molecular weight excluding hydrogens is 483 g/mol. The Morgan fingerprint density at radius 2 is 1.32 bits per heavy atom. The van der Waals surface area contributed by atoms with Gasteiger partial charge in [-0.1, -0.05) is 54.6 Å². The monoisotopic (exact) mass is 516 g/mol. The summed E-state index contributed by atoms with van der Waals surface area (Å²) in [7, 11) is 6.59. The van der Waals surface area contributed by atoms with Gasteiger partial charge in [0.15, 0.2) is 0 Å². The van der Waals surface area contributed by atoms with Gasteiger partial charge in [-0.3, -0.25) is 9.98 Å². The van der Waals surface area contributed by atoms with Crippen molar-refractivity contribution in [2.45, 2.75) is 25.0 Å². The van der Waals surface area contributed by atoms with Crippen LogP contribution in [0.4, 0.5) is 0 Å². The van der Waals surface area contributed by atoms with Crippen LogP contribution >= 0.6 is 9.24 Å². The second-order valence-electron chi connectivity index (χ2n) is 8.69.